The average Bonchev–Trinajstić information content (AvgIpc) is 2.83. The Morgan fingerprint density at radius 1 is 1.31 bits per heavy atom. The second-order valence-electron chi connectivity index (χ2n) is 6.78. The normalized spacial score (nSPS) is 18.9. The van der Waals surface area contributed by atoms with E-state index < -0.39 is 30.6 Å². The van der Waals surface area contributed by atoms with Crippen molar-refractivity contribution in [3.05, 3.63) is 29.3 Å². The van der Waals surface area contributed by atoms with Crippen molar-refractivity contribution in [3.63, 3.8) is 0 Å². The monoisotopic (exact) mass is 369 g/mol. The number of nitrogens with zero attached hydrogens (tertiary/aromatic N) is 1. The number of anilines is 1. The zero-order valence-corrected chi connectivity index (χ0v) is 14.6. The van der Waals surface area contributed by atoms with E-state index in [4.69, 9.17) is 0 Å². The van der Waals surface area contributed by atoms with Crippen LogP contribution in [0.15, 0.2) is 18.2 Å². The molecule has 1 aromatic rings. The van der Waals surface area contributed by atoms with Gasteiger partial charge in [0.2, 0.25) is 11.8 Å². The van der Waals surface area contributed by atoms with Crippen molar-refractivity contribution in [3.8, 4) is 0 Å². The molecule has 0 atom stereocenters. The van der Waals surface area contributed by atoms with Crippen molar-refractivity contribution in [1.82, 2.24) is 10.6 Å². The molecule has 1 spiro atoms. The number of halogens is 3. The van der Waals surface area contributed by atoms with E-state index in [0.29, 0.717) is 31.6 Å². The molecular weight excluding hydrogens is 347 g/mol. The van der Waals surface area contributed by atoms with E-state index in [1.54, 1.807) is 6.07 Å². The van der Waals surface area contributed by atoms with Crippen molar-refractivity contribution >= 4 is 17.5 Å². The number of carbonyl (C=O) groups is 2. The van der Waals surface area contributed by atoms with E-state index in [1.165, 1.54) is 4.90 Å². The second kappa shape index (κ2) is 6.90. The highest BCUT2D eigenvalue weighted by Crippen LogP contribution is 2.48. The summed E-state index contributed by atoms with van der Waals surface area (Å²) in [6, 6.07) is 5.58. The molecule has 8 heteroatoms. The topological polar surface area (TPSA) is 61.4 Å². The van der Waals surface area contributed by atoms with Gasteiger partial charge in [-0.15, -0.1) is 0 Å². The lowest BCUT2D eigenvalue weighted by Crippen LogP contribution is -2.50. The van der Waals surface area contributed by atoms with E-state index >= 15 is 0 Å². The quantitative estimate of drug-likeness (QED) is 0.852. The highest BCUT2D eigenvalue weighted by atomic mass is 19.4. The van der Waals surface area contributed by atoms with Crippen LogP contribution in [0.5, 0.6) is 0 Å². The zero-order chi connectivity index (χ0) is 18.9. The fourth-order valence-electron chi connectivity index (χ4n) is 4.01. The van der Waals surface area contributed by atoms with Gasteiger partial charge < -0.3 is 15.5 Å². The highest BCUT2D eigenvalue weighted by Gasteiger charge is 2.52. The van der Waals surface area contributed by atoms with Gasteiger partial charge >= 0.3 is 6.18 Å². The van der Waals surface area contributed by atoms with Crippen LogP contribution in [0.25, 0.3) is 0 Å². The predicted molar refractivity (Wildman–Crippen MR) is 91.0 cm³/mol. The molecule has 1 aromatic carbocycles. The van der Waals surface area contributed by atoms with Crippen LogP contribution >= 0.6 is 0 Å². The van der Waals surface area contributed by atoms with Gasteiger partial charge in [0.15, 0.2) is 0 Å². The molecule has 0 radical (unpaired) electrons. The number of rotatable bonds is 4. The lowest BCUT2D eigenvalue weighted by molar-refractivity contribution is -0.138. The zero-order valence-electron chi connectivity index (χ0n) is 14.6. The van der Waals surface area contributed by atoms with Gasteiger partial charge in [-0.3, -0.25) is 9.59 Å². The van der Waals surface area contributed by atoms with Crippen molar-refractivity contribution in [1.29, 1.82) is 0 Å². The highest BCUT2D eigenvalue weighted by molar-refractivity contribution is 6.11. The van der Waals surface area contributed by atoms with Crippen LogP contribution < -0.4 is 15.5 Å². The molecule has 142 valence electrons. The number of piperidine rings is 1. The van der Waals surface area contributed by atoms with Gasteiger partial charge in [0.25, 0.3) is 0 Å². The summed E-state index contributed by atoms with van der Waals surface area (Å²) < 4.78 is 37.0. The summed E-state index contributed by atoms with van der Waals surface area (Å²) in [7, 11) is 0. The number of carbonyl (C=O) groups excluding carboxylic acids is 2. The first kappa shape index (κ1) is 18.7. The van der Waals surface area contributed by atoms with E-state index in [9.17, 15) is 22.8 Å². The van der Waals surface area contributed by atoms with Gasteiger partial charge in [-0.2, -0.15) is 13.2 Å². The fourth-order valence-corrected chi connectivity index (χ4v) is 4.01. The Bertz CT molecular complexity index is 712. The Labute approximate surface area is 149 Å². The van der Waals surface area contributed by atoms with Crippen LogP contribution in [0.3, 0.4) is 0 Å². The molecule has 2 heterocycles. The van der Waals surface area contributed by atoms with Gasteiger partial charge in [-0.25, -0.2) is 0 Å². The minimum atomic E-state index is -4.48. The largest absolute Gasteiger partial charge is 0.405 e. The number of aryl methyl sites for hydroxylation is 1. The third-order valence-electron chi connectivity index (χ3n) is 5.18. The maximum absolute atomic E-state index is 13.2. The average molecular weight is 369 g/mol. The lowest BCUT2D eigenvalue weighted by atomic mass is 9.72. The number of hydrogen-bond donors (Lipinski definition) is 2. The summed E-state index contributed by atoms with van der Waals surface area (Å²) in [6.07, 6.45) is -2.49. The molecule has 0 saturated carbocycles. The minimum Gasteiger partial charge on any atom is -0.345 e. The van der Waals surface area contributed by atoms with Crippen LogP contribution in [0.2, 0.25) is 0 Å². The molecular formula is C18H22F3N3O2. The smallest absolute Gasteiger partial charge is 0.345 e. The summed E-state index contributed by atoms with van der Waals surface area (Å²) in [5.41, 5.74) is 1.96. The Hall–Kier alpha value is -2.09. The van der Waals surface area contributed by atoms with Gasteiger partial charge in [-0.1, -0.05) is 19.1 Å². The molecule has 1 saturated heterocycles. The third kappa shape index (κ3) is 3.30. The molecule has 0 aromatic heterocycles. The first-order chi connectivity index (χ1) is 12.3. The summed E-state index contributed by atoms with van der Waals surface area (Å²) >= 11 is 0. The third-order valence-corrected chi connectivity index (χ3v) is 5.18. The molecule has 2 aliphatic heterocycles. The van der Waals surface area contributed by atoms with Gasteiger partial charge in [0.05, 0.1) is 5.41 Å². The molecule has 3 rings (SSSR count). The molecule has 5 nitrogen and oxygen atoms in total. The van der Waals surface area contributed by atoms with Crippen molar-refractivity contribution in [2.75, 3.05) is 31.1 Å². The van der Waals surface area contributed by atoms with E-state index in [1.807, 2.05) is 24.4 Å². The van der Waals surface area contributed by atoms with E-state index in [0.717, 1.165) is 17.5 Å². The van der Waals surface area contributed by atoms with Gasteiger partial charge in [-0.05, 0) is 49.5 Å². The Morgan fingerprint density at radius 2 is 2.00 bits per heavy atom. The molecule has 1 fully saturated rings. The molecule has 2 N–H and O–H groups in total. The van der Waals surface area contributed by atoms with Crippen molar-refractivity contribution in [2.24, 2.45) is 0 Å². The number of fused-ring (bicyclic) bond motifs is 2. The Balaban J connectivity index is 1.91. The van der Waals surface area contributed by atoms with Crippen molar-refractivity contribution in [2.45, 2.75) is 37.8 Å². The Kier molecular flexibility index (Phi) is 4.96. The van der Waals surface area contributed by atoms with Crippen LogP contribution in [0.1, 0.15) is 30.9 Å². The van der Waals surface area contributed by atoms with Crippen LogP contribution in [0, 0.1) is 0 Å². The molecule has 26 heavy (non-hydrogen) atoms. The van der Waals surface area contributed by atoms with Crippen LogP contribution in [-0.4, -0.2) is 44.2 Å². The number of amides is 2. The number of nitrogens with one attached hydrogen (secondary N) is 2. The first-order valence-corrected chi connectivity index (χ1v) is 8.77. The maximum atomic E-state index is 13.2. The molecule has 2 amide bonds. The summed E-state index contributed by atoms with van der Waals surface area (Å²) in [5.74, 6) is -0.994. The summed E-state index contributed by atoms with van der Waals surface area (Å²) in [4.78, 5) is 26.6. The number of alkyl halides is 3. The molecule has 0 bridgehead atoms. The lowest BCUT2D eigenvalue weighted by Gasteiger charge is -2.34. The minimum absolute atomic E-state index is 0.183. The van der Waals surface area contributed by atoms with E-state index in [-0.39, 0.29) is 5.91 Å². The van der Waals surface area contributed by atoms with Gasteiger partial charge in [0, 0.05) is 5.69 Å². The van der Waals surface area contributed by atoms with Crippen LogP contribution in [-0.2, 0) is 21.4 Å². The molecule has 0 unspecified atom stereocenters. The second-order valence-corrected chi connectivity index (χ2v) is 6.78. The summed E-state index contributed by atoms with van der Waals surface area (Å²) in [5, 5.41) is 5.09. The van der Waals surface area contributed by atoms with E-state index in [2.05, 4.69) is 5.32 Å². The number of benzene rings is 1. The molecule has 0 aliphatic carbocycles. The fraction of sp³-hybridized carbons (Fsp3) is 0.556. The first-order valence-electron chi connectivity index (χ1n) is 8.77. The number of hydrogen-bond acceptors (Lipinski definition) is 3. The van der Waals surface area contributed by atoms with Gasteiger partial charge in [0.1, 0.15) is 13.1 Å². The maximum Gasteiger partial charge on any atom is 0.405 e. The predicted octanol–water partition coefficient (Wildman–Crippen LogP) is 1.90. The summed E-state index contributed by atoms with van der Waals surface area (Å²) in [6.45, 7) is 1.59. The Morgan fingerprint density at radius 3 is 2.62 bits per heavy atom. The molecule has 2 aliphatic rings. The SMILES string of the molecule is CCc1cccc2c1C1(CCNCC1)C(=O)N2CC(=O)NCC(F)(F)F. The standard InChI is InChI=1S/C18H22F3N3O2/c1-2-12-4-3-5-13-15(12)17(6-8-22-9-7-17)16(26)24(13)10-14(25)23-11-18(19,20)21/h3-5,22H,2,6-11H2,1H3,(H,23,25). The van der Waals surface area contributed by atoms with Crippen molar-refractivity contribution < 1.29 is 22.8 Å². The van der Waals surface area contributed by atoms with Crippen LogP contribution in [0.4, 0.5) is 18.9 Å².